The Morgan fingerprint density at radius 2 is 1.31 bits per heavy atom. The Labute approximate surface area is 192 Å². The maximum absolute atomic E-state index is 6.38. The zero-order valence-electron chi connectivity index (χ0n) is 18.8. The van der Waals surface area contributed by atoms with E-state index in [1.807, 2.05) is 11.3 Å². The van der Waals surface area contributed by atoms with Crippen molar-refractivity contribution in [3.05, 3.63) is 78.9 Å². The van der Waals surface area contributed by atoms with Gasteiger partial charge in [-0.15, -0.1) is 11.3 Å². The fourth-order valence-corrected chi connectivity index (χ4v) is 5.73. The van der Waals surface area contributed by atoms with Crippen molar-refractivity contribution in [2.45, 2.75) is 38.9 Å². The lowest BCUT2D eigenvalue weighted by molar-refractivity contribution is 0.00578. The molecule has 1 saturated heterocycles. The van der Waals surface area contributed by atoms with E-state index >= 15 is 0 Å². The average Bonchev–Trinajstić information content (AvgIpc) is 3.25. The first-order valence-electron chi connectivity index (χ1n) is 11.1. The number of benzene rings is 4. The zero-order valence-corrected chi connectivity index (χ0v) is 19.6. The number of hydrogen-bond acceptors (Lipinski definition) is 3. The minimum Gasteiger partial charge on any atom is -0.399 e. The van der Waals surface area contributed by atoms with Crippen LogP contribution >= 0.6 is 11.3 Å². The Morgan fingerprint density at radius 1 is 0.656 bits per heavy atom. The molecule has 4 aromatic carbocycles. The van der Waals surface area contributed by atoms with Crippen LogP contribution in [0.3, 0.4) is 0 Å². The summed E-state index contributed by atoms with van der Waals surface area (Å²) in [5.74, 6) is 0. The summed E-state index contributed by atoms with van der Waals surface area (Å²) in [5, 5.41) is 5.09. The van der Waals surface area contributed by atoms with Crippen molar-refractivity contribution in [2.75, 3.05) is 0 Å². The van der Waals surface area contributed by atoms with Gasteiger partial charge in [-0.25, -0.2) is 0 Å². The van der Waals surface area contributed by atoms with Gasteiger partial charge in [-0.3, -0.25) is 0 Å². The van der Waals surface area contributed by atoms with E-state index in [0.717, 1.165) is 5.46 Å². The van der Waals surface area contributed by atoms with E-state index in [-0.39, 0.29) is 18.3 Å². The Hall–Kier alpha value is -2.66. The number of fused-ring (bicyclic) bond motifs is 4. The van der Waals surface area contributed by atoms with Crippen LogP contribution in [0.25, 0.3) is 42.1 Å². The summed E-state index contributed by atoms with van der Waals surface area (Å²) in [4.78, 5) is 0. The van der Waals surface area contributed by atoms with Crippen LogP contribution in [0.1, 0.15) is 27.7 Å². The van der Waals surface area contributed by atoms with Crippen molar-refractivity contribution >= 4 is 54.9 Å². The van der Waals surface area contributed by atoms with Crippen LogP contribution in [0.15, 0.2) is 78.9 Å². The van der Waals surface area contributed by atoms with E-state index in [9.17, 15) is 0 Å². The third kappa shape index (κ3) is 3.01. The predicted molar refractivity (Wildman–Crippen MR) is 138 cm³/mol. The van der Waals surface area contributed by atoms with Gasteiger partial charge in [-0.2, -0.15) is 0 Å². The molecular weight excluding hydrogens is 411 g/mol. The molecule has 1 aliphatic rings. The summed E-state index contributed by atoms with van der Waals surface area (Å²) < 4.78 is 15.4. The highest BCUT2D eigenvalue weighted by atomic mass is 32.1. The Morgan fingerprint density at radius 3 is 2.09 bits per heavy atom. The van der Waals surface area contributed by atoms with Crippen molar-refractivity contribution < 1.29 is 9.31 Å². The van der Waals surface area contributed by atoms with Crippen LogP contribution in [0, 0.1) is 0 Å². The van der Waals surface area contributed by atoms with Crippen molar-refractivity contribution in [1.82, 2.24) is 0 Å². The van der Waals surface area contributed by atoms with E-state index in [1.165, 1.54) is 42.1 Å². The molecule has 2 nitrogen and oxygen atoms in total. The SMILES string of the molecule is CC1(C)OB(c2cc(-c3ccc4c(c3)sc3ccccc34)c3ccccc3c2)OC1(C)C. The van der Waals surface area contributed by atoms with Crippen LogP contribution < -0.4 is 5.46 Å². The molecule has 4 heteroatoms. The molecule has 0 radical (unpaired) electrons. The van der Waals surface area contributed by atoms with Gasteiger partial charge in [0.2, 0.25) is 0 Å². The van der Waals surface area contributed by atoms with Gasteiger partial charge in [0.15, 0.2) is 0 Å². The zero-order chi connectivity index (χ0) is 22.1. The molecule has 0 atom stereocenters. The van der Waals surface area contributed by atoms with Crippen molar-refractivity contribution in [3.8, 4) is 11.1 Å². The van der Waals surface area contributed by atoms with E-state index in [1.54, 1.807) is 0 Å². The second-order valence-electron chi connectivity index (χ2n) is 9.69. The van der Waals surface area contributed by atoms with Gasteiger partial charge >= 0.3 is 7.12 Å². The quantitative estimate of drug-likeness (QED) is 0.273. The van der Waals surface area contributed by atoms with E-state index in [4.69, 9.17) is 9.31 Å². The smallest absolute Gasteiger partial charge is 0.399 e. The second kappa shape index (κ2) is 6.92. The molecule has 0 bridgehead atoms. The Bertz CT molecular complexity index is 1480. The monoisotopic (exact) mass is 436 g/mol. The van der Waals surface area contributed by atoms with Crippen molar-refractivity contribution in [3.63, 3.8) is 0 Å². The molecule has 5 aromatic rings. The summed E-state index contributed by atoms with van der Waals surface area (Å²) in [6.07, 6.45) is 0. The molecule has 158 valence electrons. The topological polar surface area (TPSA) is 18.5 Å². The van der Waals surface area contributed by atoms with Crippen LogP contribution in [-0.4, -0.2) is 18.3 Å². The standard InChI is InChI=1S/C28H25BO2S/c1-27(2)28(3,4)31-29(30-27)20-15-18-9-5-6-10-21(18)24(17-20)19-13-14-23-22-11-7-8-12-25(22)32-26(23)16-19/h5-17H,1-4H3. The van der Waals surface area contributed by atoms with E-state index in [2.05, 4.69) is 107 Å². The molecule has 32 heavy (non-hydrogen) atoms. The summed E-state index contributed by atoms with van der Waals surface area (Å²) in [5.41, 5.74) is 2.78. The van der Waals surface area contributed by atoms with Gasteiger partial charge in [-0.1, -0.05) is 66.7 Å². The van der Waals surface area contributed by atoms with Crippen molar-refractivity contribution in [2.24, 2.45) is 0 Å². The number of hydrogen-bond donors (Lipinski definition) is 0. The molecule has 6 rings (SSSR count). The molecule has 0 unspecified atom stereocenters. The number of thiophene rings is 1. The van der Waals surface area contributed by atoms with E-state index in [0.29, 0.717) is 0 Å². The minimum absolute atomic E-state index is 0.362. The minimum atomic E-state index is -0.378. The normalized spacial score (nSPS) is 17.6. The number of rotatable bonds is 2. The molecule has 0 saturated carbocycles. The summed E-state index contributed by atoms with van der Waals surface area (Å²) in [7, 11) is -0.378. The maximum atomic E-state index is 6.38. The van der Waals surface area contributed by atoms with Crippen LogP contribution in [0.5, 0.6) is 0 Å². The Balaban J connectivity index is 1.54. The summed E-state index contributed by atoms with van der Waals surface area (Å²) >= 11 is 1.86. The van der Waals surface area contributed by atoms with Gasteiger partial charge in [0, 0.05) is 20.2 Å². The first-order chi connectivity index (χ1) is 15.3. The van der Waals surface area contributed by atoms with Crippen molar-refractivity contribution in [1.29, 1.82) is 0 Å². The third-order valence-electron chi connectivity index (χ3n) is 7.10. The van der Waals surface area contributed by atoms with Gasteiger partial charge in [0.25, 0.3) is 0 Å². The molecular formula is C28H25BO2S. The van der Waals surface area contributed by atoms with Crippen LogP contribution in [0.4, 0.5) is 0 Å². The molecule has 0 N–H and O–H groups in total. The molecule has 1 aliphatic heterocycles. The third-order valence-corrected chi connectivity index (χ3v) is 8.23. The maximum Gasteiger partial charge on any atom is 0.494 e. The van der Waals surface area contributed by atoms with E-state index < -0.39 is 0 Å². The lowest BCUT2D eigenvalue weighted by atomic mass is 9.76. The van der Waals surface area contributed by atoms with Gasteiger partial charge in [0.05, 0.1) is 11.2 Å². The highest BCUT2D eigenvalue weighted by Crippen LogP contribution is 2.39. The fourth-order valence-electron chi connectivity index (χ4n) is 4.58. The molecule has 0 amide bonds. The highest BCUT2D eigenvalue weighted by molar-refractivity contribution is 7.25. The summed E-state index contributed by atoms with van der Waals surface area (Å²) in [6, 6.07) is 28.5. The largest absolute Gasteiger partial charge is 0.494 e. The fraction of sp³-hybridized carbons (Fsp3) is 0.214. The molecule has 1 fully saturated rings. The van der Waals surface area contributed by atoms with Gasteiger partial charge in [0.1, 0.15) is 0 Å². The van der Waals surface area contributed by atoms with Crippen LogP contribution in [0.2, 0.25) is 0 Å². The first kappa shape index (κ1) is 20.0. The van der Waals surface area contributed by atoms with Crippen LogP contribution in [-0.2, 0) is 9.31 Å². The first-order valence-corrected chi connectivity index (χ1v) is 11.9. The second-order valence-corrected chi connectivity index (χ2v) is 10.8. The Kier molecular flexibility index (Phi) is 4.32. The predicted octanol–water partition coefficient (Wildman–Crippen LogP) is 7.17. The summed E-state index contributed by atoms with van der Waals surface area (Å²) in [6.45, 7) is 8.41. The molecule has 1 aromatic heterocycles. The average molecular weight is 436 g/mol. The molecule has 2 heterocycles. The van der Waals surface area contributed by atoms with Gasteiger partial charge in [-0.05, 0) is 67.2 Å². The molecule has 0 spiro atoms. The lowest BCUT2D eigenvalue weighted by Gasteiger charge is -2.32. The molecule has 0 aliphatic carbocycles. The van der Waals surface area contributed by atoms with Gasteiger partial charge < -0.3 is 9.31 Å². The lowest BCUT2D eigenvalue weighted by Crippen LogP contribution is -2.41. The highest BCUT2D eigenvalue weighted by Gasteiger charge is 2.51.